The topological polar surface area (TPSA) is 91.3 Å². The van der Waals surface area contributed by atoms with Gasteiger partial charge in [-0.2, -0.15) is 0 Å². The Kier molecular flexibility index (Phi) is 5.29. The molecule has 0 aliphatic carbocycles. The quantitative estimate of drug-likeness (QED) is 0.748. The van der Waals surface area contributed by atoms with Crippen molar-refractivity contribution < 1.29 is 14.7 Å². The predicted molar refractivity (Wildman–Crippen MR) is 74.6 cm³/mol. The number of aliphatic carboxylic acids is 1. The minimum Gasteiger partial charge on any atom is -0.481 e. The smallest absolute Gasteiger partial charge is 0.320 e. The number of aryl methyl sites for hydroxylation is 1. The highest BCUT2D eigenvalue weighted by Crippen LogP contribution is 2.20. The molecule has 106 valence electrons. The summed E-state index contributed by atoms with van der Waals surface area (Å²) in [6, 6.07) is -0.339. The molecule has 1 aromatic rings. The summed E-state index contributed by atoms with van der Waals surface area (Å²) in [5.41, 5.74) is 1.97. The summed E-state index contributed by atoms with van der Waals surface area (Å²) in [4.78, 5) is 26.5. The largest absolute Gasteiger partial charge is 0.481 e. The van der Waals surface area contributed by atoms with Crippen molar-refractivity contribution in [1.82, 2.24) is 10.3 Å². The van der Waals surface area contributed by atoms with Crippen molar-refractivity contribution in [2.45, 2.75) is 45.6 Å². The minimum atomic E-state index is -0.869. The molecule has 3 N–H and O–H groups in total. The Hall–Kier alpha value is -1.63. The fourth-order valence-corrected chi connectivity index (χ4v) is 2.32. The molecule has 0 saturated heterocycles. The molecule has 1 aromatic heterocycles. The van der Waals surface area contributed by atoms with Crippen LogP contribution < -0.4 is 10.6 Å². The normalized spacial score (nSPS) is 11.1. The van der Waals surface area contributed by atoms with E-state index in [9.17, 15) is 9.59 Å². The second-order valence-corrected chi connectivity index (χ2v) is 5.69. The molecule has 2 amide bonds. The number of carbonyl (C=O) groups excluding carboxylic acids is 1. The van der Waals surface area contributed by atoms with E-state index in [1.165, 1.54) is 11.3 Å². The van der Waals surface area contributed by atoms with E-state index in [1.807, 2.05) is 6.92 Å². The second-order valence-electron chi connectivity index (χ2n) is 4.84. The number of hydrogen-bond acceptors (Lipinski definition) is 4. The number of urea groups is 1. The SMILES string of the molecule is CCc1ncsc1NC(=O)NC(C)(C)CCC(=O)O. The van der Waals surface area contributed by atoms with E-state index in [2.05, 4.69) is 15.6 Å². The van der Waals surface area contributed by atoms with E-state index in [-0.39, 0.29) is 12.5 Å². The maximum Gasteiger partial charge on any atom is 0.320 e. The number of nitrogens with zero attached hydrogens (tertiary/aromatic N) is 1. The molecular formula is C12H19N3O3S. The molecule has 0 aliphatic rings. The highest BCUT2D eigenvalue weighted by Gasteiger charge is 2.22. The summed E-state index contributed by atoms with van der Waals surface area (Å²) < 4.78 is 0. The Balaban J connectivity index is 2.52. The van der Waals surface area contributed by atoms with Crippen molar-refractivity contribution in [3.05, 3.63) is 11.2 Å². The summed E-state index contributed by atoms with van der Waals surface area (Å²) in [5, 5.41) is 14.9. The summed E-state index contributed by atoms with van der Waals surface area (Å²) >= 11 is 1.37. The molecule has 6 nitrogen and oxygen atoms in total. The first-order valence-corrected chi connectivity index (χ1v) is 6.95. The number of hydrogen-bond donors (Lipinski definition) is 3. The molecule has 0 spiro atoms. The number of thiazole rings is 1. The zero-order valence-corrected chi connectivity index (χ0v) is 12.1. The molecule has 0 radical (unpaired) electrons. The Morgan fingerprint density at radius 2 is 2.16 bits per heavy atom. The third-order valence-corrected chi connectivity index (χ3v) is 3.40. The van der Waals surface area contributed by atoms with E-state index < -0.39 is 11.5 Å². The molecular weight excluding hydrogens is 266 g/mol. The predicted octanol–water partition coefficient (Wildman–Crippen LogP) is 2.47. The van der Waals surface area contributed by atoms with Gasteiger partial charge in [-0.1, -0.05) is 6.92 Å². The molecule has 1 heterocycles. The standard InChI is InChI=1S/C12H19N3O3S/c1-4-8-10(19-7-13-8)14-11(18)15-12(2,3)6-5-9(16)17/h7H,4-6H2,1-3H3,(H,16,17)(H2,14,15,18). The fraction of sp³-hybridized carbons (Fsp3) is 0.583. The Morgan fingerprint density at radius 1 is 1.47 bits per heavy atom. The van der Waals surface area contributed by atoms with Crippen molar-refractivity contribution in [3.8, 4) is 0 Å². The van der Waals surface area contributed by atoms with Crippen LogP contribution in [0.2, 0.25) is 0 Å². The number of rotatable bonds is 6. The number of anilines is 1. The number of aromatic nitrogens is 1. The zero-order chi connectivity index (χ0) is 14.5. The lowest BCUT2D eigenvalue weighted by molar-refractivity contribution is -0.137. The molecule has 0 aliphatic heterocycles. The Morgan fingerprint density at radius 3 is 2.74 bits per heavy atom. The highest BCUT2D eigenvalue weighted by molar-refractivity contribution is 7.14. The lowest BCUT2D eigenvalue weighted by atomic mass is 9.99. The first-order chi connectivity index (χ1) is 8.84. The van der Waals surface area contributed by atoms with E-state index in [1.54, 1.807) is 19.4 Å². The van der Waals surface area contributed by atoms with Crippen LogP contribution in [0.1, 0.15) is 39.3 Å². The van der Waals surface area contributed by atoms with E-state index in [0.29, 0.717) is 6.42 Å². The highest BCUT2D eigenvalue weighted by atomic mass is 32.1. The third kappa shape index (κ3) is 5.25. The van der Waals surface area contributed by atoms with Crippen LogP contribution in [0.15, 0.2) is 5.51 Å². The maximum absolute atomic E-state index is 11.8. The number of amides is 2. The van der Waals surface area contributed by atoms with Crippen molar-refractivity contribution in [2.24, 2.45) is 0 Å². The van der Waals surface area contributed by atoms with Crippen LogP contribution in [0.5, 0.6) is 0 Å². The lowest BCUT2D eigenvalue weighted by Crippen LogP contribution is -2.45. The van der Waals surface area contributed by atoms with Gasteiger partial charge in [0.2, 0.25) is 0 Å². The van der Waals surface area contributed by atoms with Crippen LogP contribution in [0, 0.1) is 0 Å². The summed E-state index contributed by atoms with van der Waals surface area (Å²) in [6.45, 7) is 5.56. The monoisotopic (exact) mass is 285 g/mol. The fourth-order valence-electron chi connectivity index (χ4n) is 1.55. The summed E-state index contributed by atoms with van der Waals surface area (Å²) in [7, 11) is 0. The molecule has 0 unspecified atom stereocenters. The van der Waals surface area contributed by atoms with E-state index in [0.717, 1.165) is 17.1 Å². The van der Waals surface area contributed by atoms with Gasteiger partial charge in [0.15, 0.2) is 0 Å². The molecule has 0 saturated carbocycles. The van der Waals surface area contributed by atoms with E-state index in [4.69, 9.17) is 5.11 Å². The van der Waals surface area contributed by atoms with Gasteiger partial charge in [0, 0.05) is 12.0 Å². The minimum absolute atomic E-state index is 0.0219. The Labute approximate surface area is 116 Å². The van der Waals surface area contributed by atoms with Crippen LogP contribution >= 0.6 is 11.3 Å². The first kappa shape index (κ1) is 15.4. The number of carbonyl (C=O) groups is 2. The molecule has 0 atom stereocenters. The van der Waals surface area contributed by atoms with Crippen LogP contribution in [0.25, 0.3) is 0 Å². The third-order valence-electron chi connectivity index (χ3n) is 2.62. The summed E-state index contributed by atoms with van der Waals surface area (Å²) in [5.74, 6) is -0.869. The van der Waals surface area contributed by atoms with Gasteiger partial charge in [-0.3, -0.25) is 10.1 Å². The van der Waals surface area contributed by atoms with Gasteiger partial charge in [-0.05, 0) is 26.7 Å². The first-order valence-electron chi connectivity index (χ1n) is 6.07. The van der Waals surface area contributed by atoms with Crippen LogP contribution in [0.3, 0.4) is 0 Å². The molecule has 7 heteroatoms. The van der Waals surface area contributed by atoms with E-state index >= 15 is 0 Å². The number of carboxylic acid groups (broad SMARTS) is 1. The summed E-state index contributed by atoms with van der Waals surface area (Å²) in [6.07, 6.45) is 1.15. The molecule has 0 aromatic carbocycles. The molecule has 0 bridgehead atoms. The van der Waals surface area contributed by atoms with Gasteiger partial charge in [0.05, 0.1) is 11.2 Å². The molecule has 0 fully saturated rings. The molecule has 1 rings (SSSR count). The second kappa shape index (κ2) is 6.51. The van der Waals surface area contributed by atoms with Crippen molar-refractivity contribution in [1.29, 1.82) is 0 Å². The average Bonchev–Trinajstić information content (AvgIpc) is 2.73. The van der Waals surface area contributed by atoms with Crippen LogP contribution in [0.4, 0.5) is 9.80 Å². The van der Waals surface area contributed by atoms with Crippen molar-refractivity contribution >= 4 is 28.3 Å². The van der Waals surface area contributed by atoms with Crippen molar-refractivity contribution in [2.75, 3.05) is 5.32 Å². The van der Waals surface area contributed by atoms with Gasteiger partial charge >= 0.3 is 12.0 Å². The van der Waals surface area contributed by atoms with Crippen LogP contribution in [-0.2, 0) is 11.2 Å². The zero-order valence-electron chi connectivity index (χ0n) is 11.3. The van der Waals surface area contributed by atoms with Gasteiger partial charge in [0.1, 0.15) is 5.00 Å². The maximum atomic E-state index is 11.8. The average molecular weight is 285 g/mol. The number of nitrogens with one attached hydrogen (secondary N) is 2. The van der Waals surface area contributed by atoms with Gasteiger partial charge in [-0.25, -0.2) is 9.78 Å². The van der Waals surface area contributed by atoms with Gasteiger partial charge in [0.25, 0.3) is 0 Å². The van der Waals surface area contributed by atoms with Crippen molar-refractivity contribution in [3.63, 3.8) is 0 Å². The van der Waals surface area contributed by atoms with Gasteiger partial charge < -0.3 is 10.4 Å². The number of carboxylic acids is 1. The lowest BCUT2D eigenvalue weighted by Gasteiger charge is -2.25. The van der Waals surface area contributed by atoms with Crippen LogP contribution in [-0.4, -0.2) is 27.6 Å². The Bertz CT molecular complexity index is 457. The molecule has 19 heavy (non-hydrogen) atoms. The van der Waals surface area contributed by atoms with Gasteiger partial charge in [-0.15, -0.1) is 11.3 Å².